The summed E-state index contributed by atoms with van der Waals surface area (Å²) in [4.78, 5) is 44.0. The van der Waals surface area contributed by atoms with E-state index >= 15 is 0 Å². The van der Waals surface area contributed by atoms with E-state index in [4.69, 9.17) is 0 Å². The van der Waals surface area contributed by atoms with E-state index in [2.05, 4.69) is 0 Å². The lowest BCUT2D eigenvalue weighted by Crippen LogP contribution is -2.53. The molecule has 1 heterocycles. The number of amides is 4. The zero-order valence-corrected chi connectivity index (χ0v) is 9.25. The van der Waals surface area contributed by atoms with Gasteiger partial charge in [0.25, 0.3) is 5.69 Å². The van der Waals surface area contributed by atoms with Gasteiger partial charge in [-0.2, -0.15) is 0 Å². The van der Waals surface area contributed by atoms with Crippen molar-refractivity contribution in [2.75, 3.05) is 4.90 Å². The summed E-state index contributed by atoms with van der Waals surface area (Å²) in [7, 11) is 0. The Morgan fingerprint density at radius 2 is 2.00 bits per heavy atom. The Morgan fingerprint density at radius 3 is 2.53 bits per heavy atom. The molecule has 0 radical (unpaired) electrons. The SMILES string of the molecule is O=C1CC(=O)N(c2ccc([N+](=O)[O-])cc2F)C(=O)N1. The minimum absolute atomic E-state index is 0.431. The Kier molecular flexibility index (Phi) is 2.95. The molecule has 0 saturated carbocycles. The topological polar surface area (TPSA) is 110 Å². The summed E-state index contributed by atoms with van der Waals surface area (Å²) >= 11 is 0. The third kappa shape index (κ3) is 2.25. The van der Waals surface area contributed by atoms with Gasteiger partial charge in [0.05, 0.1) is 16.7 Å². The number of hydrogen-bond acceptors (Lipinski definition) is 5. The molecule has 1 saturated heterocycles. The first-order valence-corrected chi connectivity index (χ1v) is 5.01. The monoisotopic (exact) mass is 267 g/mol. The molecular formula is C10H6FN3O5. The van der Waals surface area contributed by atoms with Crippen LogP contribution in [0.1, 0.15) is 6.42 Å². The summed E-state index contributed by atoms with van der Waals surface area (Å²) in [6.45, 7) is 0. The molecule has 8 nitrogen and oxygen atoms in total. The van der Waals surface area contributed by atoms with Crippen molar-refractivity contribution in [1.29, 1.82) is 0 Å². The predicted molar refractivity (Wildman–Crippen MR) is 58.7 cm³/mol. The number of imide groups is 2. The van der Waals surface area contributed by atoms with Gasteiger partial charge in [0.15, 0.2) is 5.82 Å². The lowest BCUT2D eigenvalue weighted by Gasteiger charge is -2.24. The third-order valence-electron chi connectivity index (χ3n) is 2.39. The van der Waals surface area contributed by atoms with Crippen LogP contribution in [0.4, 0.5) is 20.6 Å². The first-order valence-electron chi connectivity index (χ1n) is 5.01. The molecule has 1 aromatic rings. The van der Waals surface area contributed by atoms with Crippen molar-refractivity contribution in [2.45, 2.75) is 6.42 Å². The number of anilines is 1. The smallest absolute Gasteiger partial charge is 0.277 e. The van der Waals surface area contributed by atoms with Crippen molar-refractivity contribution < 1.29 is 23.7 Å². The molecule has 1 aromatic carbocycles. The lowest BCUT2D eigenvalue weighted by atomic mass is 10.2. The van der Waals surface area contributed by atoms with E-state index < -0.39 is 46.4 Å². The Hall–Kier alpha value is -2.84. The molecule has 0 aliphatic carbocycles. The number of hydrogen-bond donors (Lipinski definition) is 1. The summed E-state index contributed by atoms with van der Waals surface area (Å²) in [6.07, 6.45) is -0.595. The molecular weight excluding hydrogens is 261 g/mol. The van der Waals surface area contributed by atoms with Crippen molar-refractivity contribution >= 4 is 29.2 Å². The number of non-ortho nitro benzene ring substituents is 1. The van der Waals surface area contributed by atoms with Crippen LogP contribution in [-0.4, -0.2) is 22.8 Å². The number of nitro benzene ring substituents is 1. The largest absolute Gasteiger partial charge is 0.335 e. The third-order valence-corrected chi connectivity index (χ3v) is 2.39. The molecule has 98 valence electrons. The number of barbiturate groups is 1. The van der Waals surface area contributed by atoms with E-state index in [1.54, 1.807) is 0 Å². The van der Waals surface area contributed by atoms with Gasteiger partial charge in [-0.15, -0.1) is 0 Å². The number of nitrogens with one attached hydrogen (secondary N) is 1. The minimum Gasteiger partial charge on any atom is -0.277 e. The van der Waals surface area contributed by atoms with Crippen LogP contribution in [0.3, 0.4) is 0 Å². The molecule has 2 rings (SSSR count). The maximum atomic E-state index is 13.7. The Labute approximate surface area is 104 Å². The highest BCUT2D eigenvalue weighted by Gasteiger charge is 2.34. The molecule has 0 bridgehead atoms. The molecule has 0 atom stereocenters. The Balaban J connectivity index is 2.41. The second kappa shape index (κ2) is 4.44. The van der Waals surface area contributed by atoms with Crippen LogP contribution in [0, 0.1) is 15.9 Å². The van der Waals surface area contributed by atoms with Gasteiger partial charge in [0.1, 0.15) is 6.42 Å². The van der Waals surface area contributed by atoms with E-state index in [1.807, 2.05) is 5.32 Å². The van der Waals surface area contributed by atoms with Gasteiger partial charge in [-0.1, -0.05) is 0 Å². The van der Waals surface area contributed by atoms with E-state index in [0.717, 1.165) is 12.1 Å². The predicted octanol–water partition coefficient (Wildman–Crippen LogP) is 0.707. The first kappa shape index (κ1) is 12.6. The molecule has 1 aliphatic heterocycles. The summed E-state index contributed by atoms with van der Waals surface area (Å²) in [5.41, 5.74) is -0.956. The van der Waals surface area contributed by atoms with Crippen molar-refractivity contribution in [3.05, 3.63) is 34.1 Å². The zero-order valence-electron chi connectivity index (χ0n) is 9.25. The second-order valence-corrected chi connectivity index (χ2v) is 3.65. The highest BCUT2D eigenvalue weighted by Crippen LogP contribution is 2.25. The van der Waals surface area contributed by atoms with Gasteiger partial charge in [-0.3, -0.25) is 25.0 Å². The molecule has 1 fully saturated rings. The number of rotatable bonds is 2. The van der Waals surface area contributed by atoms with Crippen molar-refractivity contribution in [2.24, 2.45) is 0 Å². The van der Waals surface area contributed by atoms with Crippen LogP contribution in [0.25, 0.3) is 0 Å². The van der Waals surface area contributed by atoms with Crippen LogP contribution in [0.2, 0.25) is 0 Å². The summed E-state index contributed by atoms with van der Waals surface area (Å²) in [5, 5.41) is 12.3. The molecule has 0 unspecified atom stereocenters. The van der Waals surface area contributed by atoms with Gasteiger partial charge in [-0.25, -0.2) is 14.1 Å². The lowest BCUT2D eigenvalue weighted by molar-refractivity contribution is -0.385. The van der Waals surface area contributed by atoms with E-state index in [1.165, 1.54) is 0 Å². The quantitative estimate of drug-likeness (QED) is 0.482. The van der Waals surface area contributed by atoms with Gasteiger partial charge < -0.3 is 0 Å². The Morgan fingerprint density at radius 1 is 1.32 bits per heavy atom. The Bertz CT molecular complexity index is 595. The number of carbonyl (C=O) groups is 3. The maximum absolute atomic E-state index is 13.7. The number of carbonyl (C=O) groups excluding carboxylic acids is 3. The molecule has 0 aromatic heterocycles. The van der Waals surface area contributed by atoms with Crippen LogP contribution < -0.4 is 10.2 Å². The number of urea groups is 1. The van der Waals surface area contributed by atoms with E-state index in [9.17, 15) is 28.9 Å². The maximum Gasteiger partial charge on any atom is 0.335 e. The fraction of sp³-hybridized carbons (Fsp3) is 0.100. The standard InChI is InChI=1S/C10H6FN3O5/c11-6-3-5(14(18)19)1-2-7(6)13-9(16)4-8(15)12-10(13)17/h1-3H,4H2,(H,12,15,17). The molecule has 1 N–H and O–H groups in total. The average Bonchev–Trinajstić information content (AvgIpc) is 2.29. The highest BCUT2D eigenvalue weighted by atomic mass is 19.1. The number of halogens is 1. The van der Waals surface area contributed by atoms with E-state index in [-0.39, 0.29) is 0 Å². The van der Waals surface area contributed by atoms with Gasteiger partial charge in [-0.05, 0) is 6.07 Å². The highest BCUT2D eigenvalue weighted by molar-refractivity contribution is 6.26. The summed E-state index contributed by atoms with van der Waals surface area (Å²) in [5.74, 6) is -2.79. The second-order valence-electron chi connectivity index (χ2n) is 3.65. The van der Waals surface area contributed by atoms with Crippen molar-refractivity contribution in [3.8, 4) is 0 Å². The van der Waals surface area contributed by atoms with Crippen LogP contribution >= 0.6 is 0 Å². The molecule has 4 amide bonds. The number of benzene rings is 1. The van der Waals surface area contributed by atoms with Gasteiger partial charge in [0.2, 0.25) is 11.8 Å². The fourth-order valence-corrected chi connectivity index (χ4v) is 1.58. The fourth-order valence-electron chi connectivity index (χ4n) is 1.58. The van der Waals surface area contributed by atoms with E-state index in [0.29, 0.717) is 11.0 Å². The van der Waals surface area contributed by atoms with Gasteiger partial charge in [0, 0.05) is 6.07 Å². The molecule has 9 heteroatoms. The van der Waals surface area contributed by atoms with Crippen LogP contribution in [-0.2, 0) is 9.59 Å². The van der Waals surface area contributed by atoms with Crippen molar-refractivity contribution in [3.63, 3.8) is 0 Å². The van der Waals surface area contributed by atoms with Crippen molar-refractivity contribution in [1.82, 2.24) is 5.32 Å². The number of nitrogens with zero attached hydrogens (tertiary/aromatic N) is 2. The number of nitro groups is 1. The molecule has 1 aliphatic rings. The van der Waals surface area contributed by atoms with Crippen LogP contribution in [0.5, 0.6) is 0 Å². The average molecular weight is 267 g/mol. The minimum atomic E-state index is -1.10. The summed E-state index contributed by atoms with van der Waals surface area (Å²) < 4.78 is 13.7. The zero-order chi connectivity index (χ0) is 14.2. The first-order chi connectivity index (χ1) is 8.90. The summed E-state index contributed by atoms with van der Waals surface area (Å²) in [6, 6.07) is 1.39. The molecule has 0 spiro atoms. The molecule has 19 heavy (non-hydrogen) atoms. The van der Waals surface area contributed by atoms with Crippen LogP contribution in [0.15, 0.2) is 18.2 Å². The normalized spacial score (nSPS) is 15.4. The van der Waals surface area contributed by atoms with Gasteiger partial charge >= 0.3 is 6.03 Å².